The molecular weight excluding hydrogens is 332 g/mol. The first-order valence-corrected chi connectivity index (χ1v) is 7.56. The molecule has 0 amide bonds. The van der Waals surface area contributed by atoms with Crippen molar-refractivity contribution in [3.05, 3.63) is 28.2 Å². The lowest BCUT2D eigenvalue weighted by Gasteiger charge is -2.36. The van der Waals surface area contributed by atoms with Gasteiger partial charge >= 0.3 is 0 Å². The van der Waals surface area contributed by atoms with E-state index in [0.29, 0.717) is 23.4 Å². The molecule has 1 aliphatic carbocycles. The van der Waals surface area contributed by atoms with E-state index in [1.165, 1.54) is 6.07 Å². The smallest absolute Gasteiger partial charge is 0.168 e. The molecule has 1 N–H and O–H groups in total. The number of benzene rings is 1. The fourth-order valence-corrected chi connectivity index (χ4v) is 3.39. The Labute approximate surface area is 124 Å². The van der Waals surface area contributed by atoms with Gasteiger partial charge < -0.3 is 14.8 Å². The van der Waals surface area contributed by atoms with E-state index in [1.807, 2.05) is 0 Å². The van der Waals surface area contributed by atoms with E-state index in [-0.39, 0.29) is 6.04 Å². The van der Waals surface area contributed by atoms with E-state index >= 15 is 0 Å². The molecule has 1 spiro atoms. The van der Waals surface area contributed by atoms with Crippen LogP contribution in [0, 0.1) is 11.6 Å². The SMILES string of the molecule is Fc1cc(F)c(NC2CCC3(CC2)OCCO3)c(Br)c1. The van der Waals surface area contributed by atoms with E-state index in [9.17, 15) is 8.78 Å². The third-order valence-corrected chi connectivity index (χ3v) is 4.54. The van der Waals surface area contributed by atoms with Crippen molar-refractivity contribution in [2.24, 2.45) is 0 Å². The Morgan fingerprint density at radius 1 is 1.15 bits per heavy atom. The minimum Gasteiger partial charge on any atom is -0.379 e. The second-order valence-corrected chi connectivity index (χ2v) is 6.12. The lowest BCUT2D eigenvalue weighted by atomic mass is 9.90. The van der Waals surface area contributed by atoms with Crippen LogP contribution < -0.4 is 5.32 Å². The Hall–Kier alpha value is -0.720. The Morgan fingerprint density at radius 3 is 2.40 bits per heavy atom. The Bertz CT molecular complexity index is 473. The van der Waals surface area contributed by atoms with Crippen molar-refractivity contribution in [3.63, 3.8) is 0 Å². The number of nitrogens with one attached hydrogen (secondary N) is 1. The maximum atomic E-state index is 13.8. The third kappa shape index (κ3) is 2.82. The fourth-order valence-electron chi connectivity index (χ4n) is 2.87. The van der Waals surface area contributed by atoms with Gasteiger partial charge in [0, 0.05) is 29.4 Å². The van der Waals surface area contributed by atoms with E-state index in [4.69, 9.17) is 9.47 Å². The average Bonchev–Trinajstić information content (AvgIpc) is 2.85. The summed E-state index contributed by atoms with van der Waals surface area (Å²) in [4.78, 5) is 0. The lowest BCUT2D eigenvalue weighted by Crippen LogP contribution is -2.39. The van der Waals surface area contributed by atoms with Crippen molar-refractivity contribution < 1.29 is 18.3 Å². The molecule has 0 atom stereocenters. The summed E-state index contributed by atoms with van der Waals surface area (Å²) in [6, 6.07) is 2.30. The largest absolute Gasteiger partial charge is 0.379 e. The second kappa shape index (κ2) is 5.58. The highest BCUT2D eigenvalue weighted by molar-refractivity contribution is 9.10. The van der Waals surface area contributed by atoms with Crippen molar-refractivity contribution in [3.8, 4) is 0 Å². The van der Waals surface area contributed by atoms with E-state index in [1.54, 1.807) is 0 Å². The van der Waals surface area contributed by atoms with Crippen molar-refractivity contribution in [2.45, 2.75) is 37.5 Å². The lowest BCUT2D eigenvalue weighted by molar-refractivity contribution is -0.177. The van der Waals surface area contributed by atoms with E-state index in [0.717, 1.165) is 31.7 Å². The van der Waals surface area contributed by atoms with Crippen molar-refractivity contribution in [1.29, 1.82) is 0 Å². The molecule has 2 fully saturated rings. The Morgan fingerprint density at radius 2 is 1.80 bits per heavy atom. The van der Waals surface area contributed by atoms with Crippen LogP contribution in [0.2, 0.25) is 0 Å². The predicted molar refractivity (Wildman–Crippen MR) is 74.6 cm³/mol. The molecule has 0 unspecified atom stereocenters. The number of hydrogen-bond donors (Lipinski definition) is 1. The van der Waals surface area contributed by atoms with Gasteiger partial charge in [0.1, 0.15) is 11.6 Å². The highest BCUT2D eigenvalue weighted by Crippen LogP contribution is 2.37. The molecule has 0 radical (unpaired) electrons. The maximum Gasteiger partial charge on any atom is 0.168 e. The van der Waals surface area contributed by atoms with Crippen LogP contribution in [0.3, 0.4) is 0 Å². The molecule has 1 heterocycles. The maximum absolute atomic E-state index is 13.8. The number of halogens is 3. The van der Waals surface area contributed by atoms with E-state index < -0.39 is 17.4 Å². The molecule has 1 aromatic carbocycles. The van der Waals surface area contributed by atoms with Crippen molar-refractivity contribution in [1.82, 2.24) is 0 Å². The molecule has 3 nitrogen and oxygen atoms in total. The van der Waals surface area contributed by atoms with Crippen LogP contribution in [0.15, 0.2) is 16.6 Å². The minimum atomic E-state index is -0.588. The van der Waals surface area contributed by atoms with Gasteiger partial charge in [-0.2, -0.15) is 0 Å². The molecule has 6 heteroatoms. The summed E-state index contributed by atoms with van der Waals surface area (Å²) in [7, 11) is 0. The van der Waals surface area contributed by atoms with Crippen LogP contribution in [-0.4, -0.2) is 25.0 Å². The van der Waals surface area contributed by atoms with Gasteiger partial charge in [0.05, 0.1) is 18.9 Å². The van der Waals surface area contributed by atoms with Crippen LogP contribution in [0.1, 0.15) is 25.7 Å². The quantitative estimate of drug-likeness (QED) is 0.881. The summed E-state index contributed by atoms with van der Waals surface area (Å²) < 4.78 is 38.6. The van der Waals surface area contributed by atoms with Gasteiger partial charge in [-0.15, -0.1) is 0 Å². The average molecular weight is 348 g/mol. The number of hydrogen-bond acceptors (Lipinski definition) is 3. The van der Waals surface area contributed by atoms with Crippen molar-refractivity contribution >= 4 is 21.6 Å². The first-order chi connectivity index (χ1) is 9.58. The number of anilines is 1. The van der Waals surface area contributed by atoms with Crippen LogP contribution >= 0.6 is 15.9 Å². The normalized spacial score (nSPS) is 22.4. The highest BCUT2D eigenvalue weighted by atomic mass is 79.9. The van der Waals surface area contributed by atoms with Gasteiger partial charge in [-0.05, 0) is 34.8 Å². The molecule has 1 aromatic rings. The molecule has 1 saturated carbocycles. The number of ether oxygens (including phenoxy) is 2. The Kier molecular flexibility index (Phi) is 3.97. The molecule has 1 aliphatic heterocycles. The molecule has 0 aromatic heterocycles. The molecule has 1 saturated heterocycles. The fraction of sp³-hybridized carbons (Fsp3) is 0.571. The van der Waals surface area contributed by atoms with E-state index in [2.05, 4.69) is 21.2 Å². The standard InChI is InChI=1S/C14H16BrF2NO2/c15-11-7-9(16)8-12(17)13(11)18-10-1-3-14(4-2-10)19-5-6-20-14/h7-8,10,18H,1-6H2. The third-order valence-electron chi connectivity index (χ3n) is 3.92. The van der Waals surface area contributed by atoms with Gasteiger partial charge in [0.25, 0.3) is 0 Å². The first kappa shape index (κ1) is 14.2. The van der Waals surface area contributed by atoms with Crippen LogP contribution in [0.5, 0.6) is 0 Å². The minimum absolute atomic E-state index is 0.143. The molecule has 110 valence electrons. The first-order valence-electron chi connectivity index (χ1n) is 6.77. The topological polar surface area (TPSA) is 30.5 Å². The van der Waals surface area contributed by atoms with Crippen LogP contribution in [0.4, 0.5) is 14.5 Å². The summed E-state index contributed by atoms with van der Waals surface area (Å²) in [6.07, 6.45) is 3.27. The van der Waals surface area contributed by atoms with Gasteiger partial charge in [-0.1, -0.05) is 0 Å². The second-order valence-electron chi connectivity index (χ2n) is 5.27. The molecular formula is C14H16BrF2NO2. The monoisotopic (exact) mass is 347 g/mol. The summed E-state index contributed by atoms with van der Waals surface area (Å²) >= 11 is 3.19. The zero-order valence-corrected chi connectivity index (χ0v) is 12.5. The van der Waals surface area contributed by atoms with Crippen LogP contribution in [-0.2, 0) is 9.47 Å². The zero-order chi connectivity index (χ0) is 14.2. The summed E-state index contributed by atoms with van der Waals surface area (Å²) in [5, 5.41) is 3.15. The Balaban J connectivity index is 1.65. The summed E-state index contributed by atoms with van der Waals surface area (Å²) in [5.74, 6) is -1.59. The number of rotatable bonds is 2. The summed E-state index contributed by atoms with van der Waals surface area (Å²) in [5.41, 5.74) is 0.320. The highest BCUT2D eigenvalue weighted by Gasteiger charge is 2.40. The van der Waals surface area contributed by atoms with Gasteiger partial charge in [0.15, 0.2) is 5.79 Å². The molecule has 20 heavy (non-hydrogen) atoms. The van der Waals surface area contributed by atoms with Gasteiger partial charge in [0.2, 0.25) is 0 Å². The molecule has 0 bridgehead atoms. The summed E-state index contributed by atoms with van der Waals surface area (Å²) in [6.45, 7) is 1.30. The predicted octanol–water partition coefficient (Wildman–Crippen LogP) is 3.82. The van der Waals surface area contributed by atoms with Crippen molar-refractivity contribution in [2.75, 3.05) is 18.5 Å². The molecule has 3 rings (SSSR count). The zero-order valence-electron chi connectivity index (χ0n) is 10.9. The van der Waals surface area contributed by atoms with Crippen LogP contribution in [0.25, 0.3) is 0 Å². The molecule has 2 aliphatic rings. The van der Waals surface area contributed by atoms with Gasteiger partial charge in [-0.3, -0.25) is 0 Å². The van der Waals surface area contributed by atoms with Gasteiger partial charge in [-0.25, -0.2) is 8.78 Å².